The van der Waals surface area contributed by atoms with Gasteiger partial charge in [0.15, 0.2) is 9.84 Å². The van der Waals surface area contributed by atoms with E-state index in [-0.39, 0.29) is 46.7 Å². The molecule has 11 nitrogen and oxygen atoms in total. The fraction of sp³-hybridized carbons (Fsp3) is 0.633. The Balaban J connectivity index is 1.18. The molecule has 230 valence electrons. The van der Waals surface area contributed by atoms with E-state index in [4.69, 9.17) is 4.74 Å². The molecule has 5 rings (SSSR count). The number of carbonyl (C=O) groups excluding carboxylic acids is 2. The third-order valence-corrected chi connectivity index (χ3v) is 10.7. The van der Waals surface area contributed by atoms with Crippen molar-refractivity contribution in [2.45, 2.75) is 63.7 Å². The van der Waals surface area contributed by atoms with Crippen LogP contribution in [0.25, 0.3) is 10.9 Å². The summed E-state index contributed by atoms with van der Waals surface area (Å²) < 4.78 is 30.2. The molecule has 3 aliphatic rings. The van der Waals surface area contributed by atoms with Crippen LogP contribution < -0.4 is 10.9 Å². The molecule has 3 saturated heterocycles. The van der Waals surface area contributed by atoms with Crippen molar-refractivity contribution in [2.24, 2.45) is 0 Å². The average molecular weight is 602 g/mol. The number of carbonyl (C=O) groups is 2. The summed E-state index contributed by atoms with van der Waals surface area (Å²) in [6, 6.07) is 9.86. The number of methoxy groups -OCH3 is 1. The summed E-state index contributed by atoms with van der Waals surface area (Å²) in [7, 11) is -1.57. The Hall–Kier alpha value is -2.96. The van der Waals surface area contributed by atoms with Crippen LogP contribution in [0.2, 0.25) is 0 Å². The van der Waals surface area contributed by atoms with Gasteiger partial charge in [0.2, 0.25) is 0 Å². The van der Waals surface area contributed by atoms with E-state index in [1.54, 1.807) is 15.5 Å². The van der Waals surface area contributed by atoms with Crippen molar-refractivity contribution in [3.05, 3.63) is 46.2 Å². The lowest BCUT2D eigenvalue weighted by Gasteiger charge is -2.40. The summed E-state index contributed by atoms with van der Waals surface area (Å²) in [5, 5.41) is 4.04. The minimum absolute atomic E-state index is 0.0169. The summed E-state index contributed by atoms with van der Waals surface area (Å²) in [5.41, 5.74) is 0.734. The zero-order valence-electron chi connectivity index (χ0n) is 24.8. The fourth-order valence-corrected chi connectivity index (χ4v) is 8.15. The molecule has 3 atom stereocenters. The van der Waals surface area contributed by atoms with E-state index in [2.05, 4.69) is 15.1 Å². The minimum atomic E-state index is -2.95. The molecular formula is C30H43N5O6S. The van der Waals surface area contributed by atoms with Crippen LogP contribution in [0, 0.1) is 0 Å². The highest BCUT2D eigenvalue weighted by atomic mass is 32.2. The van der Waals surface area contributed by atoms with Gasteiger partial charge in [-0.05, 0) is 57.0 Å². The Kier molecular flexibility index (Phi) is 9.24. The lowest BCUT2D eigenvalue weighted by molar-refractivity contribution is 0.0758. The van der Waals surface area contributed by atoms with Gasteiger partial charge >= 0.3 is 6.09 Å². The van der Waals surface area contributed by atoms with Gasteiger partial charge in [-0.3, -0.25) is 19.4 Å². The molecule has 0 aliphatic carbocycles. The van der Waals surface area contributed by atoms with Crippen molar-refractivity contribution in [3.63, 3.8) is 0 Å². The number of nitrogens with one attached hydrogen (secondary N) is 1. The molecule has 2 bridgehead atoms. The Bertz CT molecular complexity index is 1450. The van der Waals surface area contributed by atoms with Crippen molar-refractivity contribution in [3.8, 4) is 0 Å². The molecule has 0 spiro atoms. The summed E-state index contributed by atoms with van der Waals surface area (Å²) >= 11 is 0. The number of ether oxygens (including phenoxy) is 1. The van der Waals surface area contributed by atoms with E-state index in [0.717, 1.165) is 36.6 Å². The molecule has 3 aliphatic heterocycles. The molecule has 4 heterocycles. The first-order valence-corrected chi connectivity index (χ1v) is 16.8. The normalized spacial score (nSPS) is 24.1. The lowest BCUT2D eigenvalue weighted by atomic mass is 9.96. The maximum atomic E-state index is 13.4. The van der Waals surface area contributed by atoms with Crippen molar-refractivity contribution < 1.29 is 22.7 Å². The van der Waals surface area contributed by atoms with Gasteiger partial charge in [-0.1, -0.05) is 18.2 Å². The molecule has 12 heteroatoms. The predicted octanol–water partition coefficient (Wildman–Crippen LogP) is 2.11. The van der Waals surface area contributed by atoms with E-state index >= 15 is 0 Å². The maximum absolute atomic E-state index is 13.4. The predicted molar refractivity (Wildman–Crippen MR) is 162 cm³/mol. The number of piperidine rings is 1. The molecule has 1 N–H and O–H groups in total. The number of pyridine rings is 1. The number of sulfone groups is 1. The highest BCUT2D eigenvalue weighted by Crippen LogP contribution is 2.35. The first-order chi connectivity index (χ1) is 20.1. The van der Waals surface area contributed by atoms with Gasteiger partial charge in [-0.25, -0.2) is 13.2 Å². The second-order valence-corrected chi connectivity index (χ2v) is 14.4. The third-order valence-electron chi connectivity index (χ3n) is 9.11. The topological polar surface area (TPSA) is 121 Å². The van der Waals surface area contributed by atoms with Crippen LogP contribution in [0.3, 0.4) is 0 Å². The molecule has 2 aromatic rings. The number of aromatic nitrogens is 1. The van der Waals surface area contributed by atoms with Gasteiger partial charge in [0, 0.05) is 63.4 Å². The largest absolute Gasteiger partial charge is 0.453 e. The quantitative estimate of drug-likeness (QED) is 0.464. The molecule has 1 unspecified atom stereocenters. The highest BCUT2D eigenvalue weighted by Gasteiger charge is 2.41. The summed E-state index contributed by atoms with van der Waals surface area (Å²) in [6.45, 7) is 7.20. The number of para-hydroxylation sites is 1. The van der Waals surface area contributed by atoms with Crippen molar-refractivity contribution in [2.75, 3.05) is 57.9 Å². The second kappa shape index (κ2) is 12.7. The standard InChI is InChI=1S/C30H43N5O6S/c1-21(2)35-27-7-5-4-6-22(27)18-26(29(35)37)28(36)31-23-19-24-8-9-25(20-23)34(24)13-12-33(30(38)41-3)11-10-32-14-16-42(39,40)17-15-32/h4-7,18,21,23-25H,8-17,19-20H2,1-3H3,(H,31,36)/t23?,24-,25+. The van der Waals surface area contributed by atoms with Gasteiger partial charge in [0.05, 0.1) is 24.1 Å². The molecule has 0 saturated carbocycles. The first-order valence-electron chi connectivity index (χ1n) is 15.0. The summed E-state index contributed by atoms with van der Waals surface area (Å²) in [5.74, 6) is 0.00390. The number of amides is 2. The minimum Gasteiger partial charge on any atom is -0.453 e. The smallest absolute Gasteiger partial charge is 0.409 e. The van der Waals surface area contributed by atoms with Gasteiger partial charge in [0.25, 0.3) is 11.5 Å². The van der Waals surface area contributed by atoms with Gasteiger partial charge < -0.3 is 19.5 Å². The molecule has 1 aromatic heterocycles. The van der Waals surface area contributed by atoms with Crippen LogP contribution in [0.15, 0.2) is 35.1 Å². The van der Waals surface area contributed by atoms with Crippen molar-refractivity contribution in [1.82, 2.24) is 24.6 Å². The van der Waals surface area contributed by atoms with E-state index < -0.39 is 9.84 Å². The zero-order valence-corrected chi connectivity index (χ0v) is 25.6. The number of fused-ring (bicyclic) bond motifs is 3. The van der Waals surface area contributed by atoms with Crippen molar-refractivity contribution in [1.29, 1.82) is 0 Å². The van der Waals surface area contributed by atoms with E-state index in [9.17, 15) is 22.8 Å². The van der Waals surface area contributed by atoms with Crippen LogP contribution in [0.4, 0.5) is 4.79 Å². The molecule has 3 fully saturated rings. The maximum Gasteiger partial charge on any atom is 0.409 e. The van der Waals surface area contributed by atoms with Gasteiger partial charge in [-0.2, -0.15) is 0 Å². The molecule has 42 heavy (non-hydrogen) atoms. The summed E-state index contributed by atoms with van der Waals surface area (Å²) in [6.07, 6.45) is 3.29. The van der Waals surface area contributed by atoms with E-state index in [1.807, 2.05) is 38.1 Å². The number of hydrogen-bond donors (Lipinski definition) is 1. The van der Waals surface area contributed by atoms with Crippen LogP contribution in [-0.4, -0.2) is 116 Å². The van der Waals surface area contributed by atoms with Gasteiger partial charge in [-0.15, -0.1) is 0 Å². The molecule has 1 aromatic carbocycles. The van der Waals surface area contributed by atoms with Crippen molar-refractivity contribution >= 4 is 32.7 Å². The number of rotatable bonds is 9. The van der Waals surface area contributed by atoms with Crippen LogP contribution in [0.1, 0.15) is 55.9 Å². The highest BCUT2D eigenvalue weighted by molar-refractivity contribution is 7.91. The summed E-state index contributed by atoms with van der Waals surface area (Å²) in [4.78, 5) is 45.5. The lowest BCUT2D eigenvalue weighted by Crippen LogP contribution is -2.53. The third kappa shape index (κ3) is 6.65. The Labute approximate surface area is 247 Å². The Morgan fingerprint density at radius 1 is 1.05 bits per heavy atom. The number of nitrogens with zero attached hydrogens (tertiary/aromatic N) is 4. The Morgan fingerprint density at radius 3 is 2.33 bits per heavy atom. The molecular weight excluding hydrogens is 558 g/mol. The molecule has 2 amide bonds. The van der Waals surface area contributed by atoms with Gasteiger partial charge in [0.1, 0.15) is 5.56 Å². The second-order valence-electron chi connectivity index (χ2n) is 12.1. The van der Waals surface area contributed by atoms with Crippen LogP contribution in [0.5, 0.6) is 0 Å². The number of hydrogen-bond acceptors (Lipinski definition) is 8. The van der Waals surface area contributed by atoms with Crippen LogP contribution >= 0.6 is 0 Å². The monoisotopic (exact) mass is 601 g/mol. The number of benzene rings is 1. The first kappa shape index (κ1) is 30.5. The Morgan fingerprint density at radius 2 is 1.69 bits per heavy atom. The zero-order chi connectivity index (χ0) is 30.0. The molecule has 0 radical (unpaired) electrons. The van der Waals surface area contributed by atoms with E-state index in [1.165, 1.54) is 7.11 Å². The fourth-order valence-electron chi connectivity index (χ4n) is 6.88. The van der Waals surface area contributed by atoms with E-state index in [0.29, 0.717) is 51.4 Å². The average Bonchev–Trinajstić information content (AvgIpc) is 3.19. The van der Waals surface area contributed by atoms with Crippen LogP contribution in [-0.2, 0) is 14.6 Å². The SMILES string of the molecule is COC(=O)N(CCN1CCS(=O)(=O)CC1)CCN1[C@@H]2CC[C@H]1CC(NC(=O)c1cc3ccccc3n(C(C)C)c1=O)C2.